The Labute approximate surface area is 107 Å². The molecule has 1 unspecified atom stereocenters. The van der Waals surface area contributed by atoms with Crippen LogP contribution >= 0.6 is 23.4 Å². The number of halogens is 1. The molecule has 1 atom stereocenters. The first-order valence-corrected chi connectivity index (χ1v) is 7.04. The molecule has 2 N–H and O–H groups in total. The Kier molecular flexibility index (Phi) is 5.46. The minimum absolute atomic E-state index is 0.551. The average molecular weight is 259 g/mol. The molecule has 0 aliphatic carbocycles. The molecule has 0 aromatic heterocycles. The topological polar surface area (TPSA) is 29.3 Å². The van der Waals surface area contributed by atoms with Crippen molar-refractivity contribution in [3.8, 4) is 0 Å². The van der Waals surface area contributed by atoms with E-state index in [0.717, 1.165) is 18.0 Å². The smallest absolute Gasteiger partial charge is 0.0429 e. The van der Waals surface area contributed by atoms with Crippen LogP contribution in [0.25, 0.3) is 0 Å². The molecule has 2 nitrogen and oxygen atoms in total. The largest absolute Gasteiger partial charge is 0.399 e. The molecule has 1 aromatic rings. The van der Waals surface area contributed by atoms with Crippen molar-refractivity contribution in [2.45, 2.75) is 19.5 Å². The first-order valence-electron chi connectivity index (χ1n) is 5.27. The lowest BCUT2D eigenvalue weighted by atomic mass is 10.2. The molecular weight excluding hydrogens is 240 g/mol. The monoisotopic (exact) mass is 258 g/mol. The summed E-state index contributed by atoms with van der Waals surface area (Å²) in [6.45, 7) is 3.11. The van der Waals surface area contributed by atoms with Gasteiger partial charge in [0.05, 0.1) is 0 Å². The van der Waals surface area contributed by atoms with Crippen molar-refractivity contribution in [2.24, 2.45) is 0 Å². The van der Waals surface area contributed by atoms with Gasteiger partial charge in [-0.1, -0.05) is 11.6 Å². The molecule has 90 valence electrons. The Bertz CT molecular complexity index is 324. The van der Waals surface area contributed by atoms with Gasteiger partial charge in [0, 0.05) is 29.0 Å². The van der Waals surface area contributed by atoms with Crippen molar-refractivity contribution < 1.29 is 0 Å². The van der Waals surface area contributed by atoms with E-state index in [1.165, 1.54) is 5.56 Å². The molecule has 0 amide bonds. The predicted octanol–water partition coefficient (Wildman–Crippen LogP) is 3.11. The van der Waals surface area contributed by atoms with E-state index < -0.39 is 0 Å². The van der Waals surface area contributed by atoms with Crippen LogP contribution in [0.5, 0.6) is 0 Å². The van der Waals surface area contributed by atoms with E-state index >= 15 is 0 Å². The predicted molar refractivity (Wildman–Crippen MR) is 75.2 cm³/mol. The fourth-order valence-electron chi connectivity index (χ4n) is 1.58. The summed E-state index contributed by atoms with van der Waals surface area (Å²) in [6, 6.07) is 6.28. The molecule has 0 saturated carbocycles. The summed E-state index contributed by atoms with van der Waals surface area (Å²) in [7, 11) is 2.12. The van der Waals surface area contributed by atoms with E-state index in [0.29, 0.717) is 11.1 Å². The van der Waals surface area contributed by atoms with Crippen LogP contribution in [0.2, 0.25) is 5.02 Å². The van der Waals surface area contributed by atoms with E-state index in [-0.39, 0.29) is 0 Å². The van der Waals surface area contributed by atoms with Crippen molar-refractivity contribution in [3.63, 3.8) is 0 Å². The van der Waals surface area contributed by atoms with Gasteiger partial charge in [0.2, 0.25) is 0 Å². The number of benzene rings is 1. The highest BCUT2D eigenvalue weighted by Gasteiger charge is 2.09. The maximum absolute atomic E-state index is 5.97. The minimum atomic E-state index is 0.551. The number of nitrogen functional groups attached to an aromatic ring is 1. The molecule has 0 aliphatic rings. The van der Waals surface area contributed by atoms with Crippen molar-refractivity contribution in [2.75, 3.05) is 24.8 Å². The summed E-state index contributed by atoms with van der Waals surface area (Å²) >= 11 is 7.83. The molecule has 0 heterocycles. The summed E-state index contributed by atoms with van der Waals surface area (Å²) in [6.07, 6.45) is 2.13. The molecule has 4 heteroatoms. The van der Waals surface area contributed by atoms with Gasteiger partial charge in [-0.2, -0.15) is 11.8 Å². The normalized spacial score (nSPS) is 13.1. The number of nitrogens with zero attached hydrogens (tertiary/aromatic N) is 1. The third kappa shape index (κ3) is 4.24. The summed E-state index contributed by atoms with van der Waals surface area (Å²) in [5, 5.41) is 0.709. The van der Waals surface area contributed by atoms with Crippen LogP contribution in [0.4, 0.5) is 5.69 Å². The van der Waals surface area contributed by atoms with Crippen LogP contribution in [0.1, 0.15) is 12.5 Å². The van der Waals surface area contributed by atoms with E-state index in [4.69, 9.17) is 17.3 Å². The quantitative estimate of drug-likeness (QED) is 0.823. The number of anilines is 1. The zero-order valence-corrected chi connectivity index (χ0v) is 11.6. The molecule has 0 aliphatic heterocycles. The van der Waals surface area contributed by atoms with Gasteiger partial charge in [0.1, 0.15) is 0 Å². The molecule has 0 fully saturated rings. The average Bonchev–Trinajstić information content (AvgIpc) is 2.16. The fraction of sp³-hybridized carbons (Fsp3) is 0.500. The number of nitrogens with two attached hydrogens (primary N) is 1. The van der Waals surface area contributed by atoms with Crippen molar-refractivity contribution in [1.82, 2.24) is 4.90 Å². The van der Waals surface area contributed by atoms with Gasteiger partial charge in [-0.3, -0.25) is 4.90 Å². The van der Waals surface area contributed by atoms with Gasteiger partial charge >= 0.3 is 0 Å². The number of hydrogen-bond acceptors (Lipinski definition) is 3. The van der Waals surface area contributed by atoms with Crippen molar-refractivity contribution in [1.29, 1.82) is 0 Å². The SMILES string of the molecule is CSCC(C)N(C)Cc1cc(N)cc(Cl)c1. The summed E-state index contributed by atoms with van der Waals surface area (Å²) < 4.78 is 0. The highest BCUT2D eigenvalue weighted by Crippen LogP contribution is 2.18. The first kappa shape index (κ1) is 13.7. The molecule has 16 heavy (non-hydrogen) atoms. The lowest BCUT2D eigenvalue weighted by Gasteiger charge is -2.24. The van der Waals surface area contributed by atoms with Gasteiger partial charge in [-0.05, 0) is 44.0 Å². The van der Waals surface area contributed by atoms with Crippen LogP contribution in [0.15, 0.2) is 18.2 Å². The van der Waals surface area contributed by atoms with Gasteiger partial charge in [0.15, 0.2) is 0 Å². The Morgan fingerprint density at radius 2 is 2.12 bits per heavy atom. The van der Waals surface area contributed by atoms with Crippen LogP contribution < -0.4 is 5.73 Å². The van der Waals surface area contributed by atoms with Gasteiger partial charge in [0.25, 0.3) is 0 Å². The number of hydrogen-bond donors (Lipinski definition) is 1. The van der Waals surface area contributed by atoms with Gasteiger partial charge < -0.3 is 5.73 Å². The molecule has 1 rings (SSSR count). The standard InChI is InChI=1S/C12H19ClN2S/c1-9(8-16-3)15(2)7-10-4-11(13)6-12(14)5-10/h4-6,9H,7-8,14H2,1-3H3. The Balaban J connectivity index is 2.65. The lowest BCUT2D eigenvalue weighted by Crippen LogP contribution is -2.30. The van der Waals surface area contributed by atoms with E-state index in [1.807, 2.05) is 23.9 Å². The van der Waals surface area contributed by atoms with E-state index in [2.05, 4.69) is 25.1 Å². The van der Waals surface area contributed by atoms with Crippen LogP contribution in [-0.4, -0.2) is 30.0 Å². The Morgan fingerprint density at radius 3 is 2.69 bits per heavy atom. The molecule has 0 radical (unpaired) electrons. The second kappa shape index (κ2) is 6.38. The van der Waals surface area contributed by atoms with Gasteiger partial charge in [-0.15, -0.1) is 0 Å². The van der Waals surface area contributed by atoms with Crippen molar-refractivity contribution >= 4 is 29.1 Å². The third-order valence-electron chi connectivity index (χ3n) is 2.57. The van der Waals surface area contributed by atoms with E-state index in [1.54, 1.807) is 6.07 Å². The third-order valence-corrected chi connectivity index (χ3v) is 3.61. The molecule has 1 aromatic carbocycles. The highest BCUT2D eigenvalue weighted by molar-refractivity contribution is 7.98. The molecular formula is C12H19ClN2S. The lowest BCUT2D eigenvalue weighted by molar-refractivity contribution is 0.270. The number of rotatable bonds is 5. The number of thioether (sulfide) groups is 1. The molecule has 0 bridgehead atoms. The van der Waals surface area contributed by atoms with Crippen LogP contribution in [0.3, 0.4) is 0 Å². The van der Waals surface area contributed by atoms with E-state index in [9.17, 15) is 0 Å². The Hall–Kier alpha value is -0.380. The second-order valence-electron chi connectivity index (χ2n) is 4.11. The summed E-state index contributed by atoms with van der Waals surface area (Å²) in [5.74, 6) is 1.13. The van der Waals surface area contributed by atoms with Crippen molar-refractivity contribution in [3.05, 3.63) is 28.8 Å². The first-order chi connectivity index (χ1) is 7.52. The molecule has 0 spiro atoms. The summed E-state index contributed by atoms with van der Waals surface area (Å²) in [5.41, 5.74) is 7.66. The zero-order chi connectivity index (χ0) is 12.1. The zero-order valence-electron chi connectivity index (χ0n) is 10.0. The minimum Gasteiger partial charge on any atom is -0.399 e. The summed E-state index contributed by atoms with van der Waals surface area (Å²) in [4.78, 5) is 2.31. The molecule has 0 saturated heterocycles. The maximum atomic E-state index is 5.97. The van der Waals surface area contributed by atoms with Crippen LogP contribution in [-0.2, 0) is 6.54 Å². The fourth-order valence-corrected chi connectivity index (χ4v) is 2.58. The highest BCUT2D eigenvalue weighted by atomic mass is 35.5. The second-order valence-corrected chi connectivity index (χ2v) is 5.46. The maximum Gasteiger partial charge on any atom is 0.0429 e. The Morgan fingerprint density at radius 1 is 1.44 bits per heavy atom. The van der Waals surface area contributed by atoms with Gasteiger partial charge in [-0.25, -0.2) is 0 Å². The van der Waals surface area contributed by atoms with Crippen LogP contribution in [0, 0.1) is 0 Å².